The molecule has 1 aliphatic heterocycles. The highest BCUT2D eigenvalue weighted by Gasteiger charge is 2.40. The van der Waals surface area contributed by atoms with Gasteiger partial charge in [-0.2, -0.15) is 0 Å². The Hall–Kier alpha value is -3.28. The van der Waals surface area contributed by atoms with Crippen molar-refractivity contribution in [1.82, 2.24) is 4.90 Å². The fraction of sp³-hybridized carbons (Fsp3) is 0.304. The molecule has 1 heterocycles. The zero-order chi connectivity index (χ0) is 20.8. The molecule has 2 aromatic rings. The van der Waals surface area contributed by atoms with Crippen molar-refractivity contribution in [2.24, 2.45) is 5.92 Å². The van der Waals surface area contributed by atoms with E-state index in [1.165, 1.54) is 0 Å². The third-order valence-corrected chi connectivity index (χ3v) is 5.12. The summed E-state index contributed by atoms with van der Waals surface area (Å²) in [6.45, 7) is 2.29. The molecule has 0 aliphatic carbocycles. The Morgan fingerprint density at radius 2 is 1.90 bits per heavy atom. The largest absolute Gasteiger partial charge is 0.493 e. The fourth-order valence-electron chi connectivity index (χ4n) is 3.63. The van der Waals surface area contributed by atoms with Gasteiger partial charge in [-0.25, -0.2) is 0 Å². The second-order valence-corrected chi connectivity index (χ2v) is 6.96. The number of amides is 1. The van der Waals surface area contributed by atoms with E-state index in [1.54, 1.807) is 18.1 Å². The van der Waals surface area contributed by atoms with Crippen LogP contribution in [0.3, 0.4) is 0 Å². The molecule has 0 saturated carbocycles. The summed E-state index contributed by atoms with van der Waals surface area (Å²) in [5, 5.41) is 9.60. The Morgan fingerprint density at radius 3 is 2.55 bits per heavy atom. The minimum Gasteiger partial charge on any atom is -0.493 e. The van der Waals surface area contributed by atoms with Gasteiger partial charge in [-0.05, 0) is 30.2 Å². The minimum atomic E-state index is -0.892. The highest BCUT2D eigenvalue weighted by atomic mass is 16.5. The number of hydrogen-bond donors (Lipinski definition) is 1. The number of rotatable bonds is 7. The number of aliphatic carboxylic acids is 1. The summed E-state index contributed by atoms with van der Waals surface area (Å²) in [6.07, 6.45) is 3.87. The maximum Gasteiger partial charge on any atom is 0.308 e. The Bertz CT molecular complexity index is 893. The molecule has 0 radical (unpaired) electrons. The van der Waals surface area contributed by atoms with E-state index in [-0.39, 0.29) is 25.0 Å². The zero-order valence-electron chi connectivity index (χ0n) is 16.6. The lowest BCUT2D eigenvalue weighted by Gasteiger charge is -2.18. The SMILES string of the molecule is C/C=C/c1ccc(OCC(=O)N2CC(C(=O)O)C(c3ccccc3)C2)c(OC)c1. The van der Waals surface area contributed by atoms with Crippen LogP contribution < -0.4 is 9.47 Å². The number of hydrogen-bond acceptors (Lipinski definition) is 4. The Morgan fingerprint density at radius 1 is 1.14 bits per heavy atom. The van der Waals surface area contributed by atoms with Crippen LogP contribution in [0, 0.1) is 5.92 Å². The highest BCUT2D eigenvalue weighted by molar-refractivity contribution is 5.81. The van der Waals surface area contributed by atoms with Crippen molar-refractivity contribution in [3.63, 3.8) is 0 Å². The fourth-order valence-corrected chi connectivity index (χ4v) is 3.63. The van der Waals surface area contributed by atoms with Crippen molar-refractivity contribution in [3.8, 4) is 11.5 Å². The van der Waals surface area contributed by atoms with Crippen molar-refractivity contribution in [2.45, 2.75) is 12.8 Å². The number of carboxylic acids is 1. The number of carbonyl (C=O) groups is 2. The van der Waals surface area contributed by atoms with E-state index in [0.29, 0.717) is 18.0 Å². The van der Waals surface area contributed by atoms with Gasteiger partial charge in [0.2, 0.25) is 0 Å². The third-order valence-electron chi connectivity index (χ3n) is 5.12. The average molecular weight is 395 g/mol. The Labute approximate surface area is 170 Å². The summed E-state index contributed by atoms with van der Waals surface area (Å²) >= 11 is 0. The first-order valence-corrected chi connectivity index (χ1v) is 9.52. The van der Waals surface area contributed by atoms with Gasteiger partial charge in [-0.15, -0.1) is 0 Å². The lowest BCUT2D eigenvalue weighted by molar-refractivity contribution is -0.142. The number of benzene rings is 2. The van der Waals surface area contributed by atoms with E-state index >= 15 is 0 Å². The second-order valence-electron chi connectivity index (χ2n) is 6.96. The van der Waals surface area contributed by atoms with Crippen LogP contribution in [-0.4, -0.2) is 48.7 Å². The van der Waals surface area contributed by atoms with Gasteiger partial charge in [-0.3, -0.25) is 9.59 Å². The van der Waals surface area contributed by atoms with Crippen molar-refractivity contribution >= 4 is 18.0 Å². The monoisotopic (exact) mass is 395 g/mol. The van der Waals surface area contributed by atoms with Crippen molar-refractivity contribution < 1.29 is 24.2 Å². The van der Waals surface area contributed by atoms with Crippen LogP contribution in [0.2, 0.25) is 0 Å². The topological polar surface area (TPSA) is 76.1 Å². The average Bonchev–Trinajstić information content (AvgIpc) is 3.19. The van der Waals surface area contributed by atoms with Crippen LogP contribution in [0.1, 0.15) is 24.0 Å². The summed E-state index contributed by atoms with van der Waals surface area (Å²) < 4.78 is 11.0. The van der Waals surface area contributed by atoms with E-state index in [2.05, 4.69) is 0 Å². The van der Waals surface area contributed by atoms with E-state index in [1.807, 2.05) is 61.5 Å². The van der Waals surface area contributed by atoms with Gasteiger partial charge in [0.25, 0.3) is 5.91 Å². The Balaban J connectivity index is 1.67. The molecule has 152 valence electrons. The van der Waals surface area contributed by atoms with Gasteiger partial charge in [0.15, 0.2) is 18.1 Å². The van der Waals surface area contributed by atoms with Crippen LogP contribution in [0.25, 0.3) is 6.08 Å². The molecule has 0 aromatic heterocycles. The first-order valence-electron chi connectivity index (χ1n) is 9.52. The molecule has 6 heteroatoms. The number of likely N-dealkylation sites (tertiary alicyclic amines) is 1. The normalized spacial score (nSPS) is 18.8. The smallest absolute Gasteiger partial charge is 0.308 e. The van der Waals surface area contributed by atoms with E-state index in [4.69, 9.17) is 9.47 Å². The molecular weight excluding hydrogens is 370 g/mol. The van der Waals surface area contributed by atoms with Gasteiger partial charge >= 0.3 is 5.97 Å². The van der Waals surface area contributed by atoms with Gasteiger partial charge in [0.1, 0.15) is 0 Å². The standard InChI is InChI=1S/C23H25NO5/c1-3-7-16-10-11-20(21(12-16)28-2)29-15-22(25)24-13-18(19(14-24)23(26)27)17-8-5-4-6-9-17/h3-12,18-19H,13-15H2,1-2H3,(H,26,27)/b7-3+. The Kier molecular flexibility index (Phi) is 6.54. The van der Waals surface area contributed by atoms with E-state index < -0.39 is 11.9 Å². The number of carbonyl (C=O) groups excluding carboxylic acids is 1. The summed E-state index contributed by atoms with van der Waals surface area (Å²) in [5.74, 6) is -0.975. The van der Waals surface area contributed by atoms with Gasteiger partial charge in [-0.1, -0.05) is 48.6 Å². The summed E-state index contributed by atoms with van der Waals surface area (Å²) in [6, 6.07) is 14.9. The summed E-state index contributed by atoms with van der Waals surface area (Å²) in [7, 11) is 1.55. The predicted molar refractivity (Wildman–Crippen MR) is 110 cm³/mol. The maximum atomic E-state index is 12.7. The van der Waals surface area contributed by atoms with Crippen LogP contribution in [0.5, 0.6) is 11.5 Å². The van der Waals surface area contributed by atoms with Gasteiger partial charge in [0.05, 0.1) is 13.0 Å². The maximum absolute atomic E-state index is 12.7. The van der Waals surface area contributed by atoms with Crippen molar-refractivity contribution in [1.29, 1.82) is 0 Å². The second kappa shape index (κ2) is 9.28. The highest BCUT2D eigenvalue weighted by Crippen LogP contribution is 2.33. The number of nitrogens with zero attached hydrogens (tertiary/aromatic N) is 1. The molecule has 1 N–H and O–H groups in total. The molecule has 1 amide bonds. The van der Waals surface area contributed by atoms with Gasteiger partial charge in [0, 0.05) is 19.0 Å². The molecule has 3 rings (SSSR count). The summed E-state index contributed by atoms with van der Waals surface area (Å²) in [4.78, 5) is 26.0. The first-order chi connectivity index (χ1) is 14.0. The molecular formula is C23H25NO5. The van der Waals surface area contributed by atoms with E-state index in [9.17, 15) is 14.7 Å². The van der Waals surface area contributed by atoms with Crippen LogP contribution >= 0.6 is 0 Å². The first kappa shape index (κ1) is 20.5. The van der Waals surface area contributed by atoms with Crippen LogP contribution in [0.4, 0.5) is 0 Å². The number of carboxylic acid groups (broad SMARTS) is 1. The quantitative estimate of drug-likeness (QED) is 0.777. The number of allylic oxidation sites excluding steroid dienone is 1. The third kappa shape index (κ3) is 4.77. The molecule has 2 unspecified atom stereocenters. The molecule has 2 atom stereocenters. The molecule has 1 fully saturated rings. The molecule has 2 aromatic carbocycles. The predicted octanol–water partition coefficient (Wildman–Crippen LogP) is 3.43. The van der Waals surface area contributed by atoms with Crippen LogP contribution in [0.15, 0.2) is 54.6 Å². The zero-order valence-corrected chi connectivity index (χ0v) is 16.6. The van der Waals surface area contributed by atoms with Crippen molar-refractivity contribution in [2.75, 3.05) is 26.8 Å². The lowest BCUT2D eigenvalue weighted by atomic mass is 9.89. The molecule has 1 aliphatic rings. The molecule has 0 bridgehead atoms. The van der Waals surface area contributed by atoms with Crippen molar-refractivity contribution in [3.05, 3.63) is 65.7 Å². The number of methoxy groups -OCH3 is 1. The minimum absolute atomic E-state index is 0.173. The number of ether oxygens (including phenoxy) is 2. The lowest BCUT2D eigenvalue weighted by Crippen LogP contribution is -2.33. The van der Waals surface area contributed by atoms with Crippen LogP contribution in [-0.2, 0) is 9.59 Å². The molecule has 0 spiro atoms. The molecule has 1 saturated heterocycles. The van der Waals surface area contributed by atoms with E-state index in [0.717, 1.165) is 11.1 Å². The molecule has 6 nitrogen and oxygen atoms in total. The summed E-state index contributed by atoms with van der Waals surface area (Å²) in [5.41, 5.74) is 1.90. The molecule has 29 heavy (non-hydrogen) atoms. The van der Waals surface area contributed by atoms with Gasteiger partial charge < -0.3 is 19.5 Å².